The summed E-state index contributed by atoms with van der Waals surface area (Å²) in [6.45, 7) is 1.37. The Morgan fingerprint density at radius 2 is 1.22 bits per heavy atom. The Balaban J connectivity index is 1.56. The molecule has 0 aliphatic carbocycles. The third-order valence-electron chi connectivity index (χ3n) is 5.68. The van der Waals surface area contributed by atoms with Gasteiger partial charge in [0.05, 0.1) is 27.8 Å². The first-order valence-electron chi connectivity index (χ1n) is 11.7. The third kappa shape index (κ3) is 7.46. The standard InChI is InChI=1S/C28H31NO7/c1-33-24-13-9-20(17-26(24)34-2)7-11-22(30)19-23(31)12-8-21-10-14-25(27(18-21)35-3)36-28(32)29-15-5-4-6-16-29/h7-14,17-18H,4-6,15-16,19H2,1-3H3. The summed E-state index contributed by atoms with van der Waals surface area (Å²) in [5.41, 5.74) is 1.42. The molecule has 36 heavy (non-hydrogen) atoms. The van der Waals surface area contributed by atoms with Crippen LogP contribution in [0.25, 0.3) is 12.2 Å². The van der Waals surface area contributed by atoms with E-state index >= 15 is 0 Å². The van der Waals surface area contributed by atoms with Crippen LogP contribution in [-0.2, 0) is 9.59 Å². The van der Waals surface area contributed by atoms with Crippen LogP contribution in [0.3, 0.4) is 0 Å². The van der Waals surface area contributed by atoms with Gasteiger partial charge in [0.15, 0.2) is 34.6 Å². The van der Waals surface area contributed by atoms with Gasteiger partial charge in [0.25, 0.3) is 0 Å². The topological polar surface area (TPSA) is 91.4 Å². The minimum atomic E-state index is -0.397. The van der Waals surface area contributed by atoms with Crippen LogP contribution in [0.4, 0.5) is 4.79 Å². The summed E-state index contributed by atoms with van der Waals surface area (Å²) < 4.78 is 21.3. The van der Waals surface area contributed by atoms with Crippen molar-refractivity contribution in [3.63, 3.8) is 0 Å². The van der Waals surface area contributed by atoms with Crippen LogP contribution in [0.5, 0.6) is 23.0 Å². The van der Waals surface area contributed by atoms with Gasteiger partial charge in [0.1, 0.15) is 0 Å². The van der Waals surface area contributed by atoms with Crippen molar-refractivity contribution in [2.24, 2.45) is 0 Å². The number of hydrogen-bond acceptors (Lipinski definition) is 7. The molecule has 0 bridgehead atoms. The Morgan fingerprint density at radius 3 is 1.75 bits per heavy atom. The Hall–Kier alpha value is -4.07. The summed E-state index contributed by atoms with van der Waals surface area (Å²) in [4.78, 5) is 38.6. The van der Waals surface area contributed by atoms with Gasteiger partial charge in [-0.3, -0.25) is 9.59 Å². The molecular formula is C28H31NO7. The largest absolute Gasteiger partial charge is 0.493 e. The van der Waals surface area contributed by atoms with E-state index in [0.29, 0.717) is 41.7 Å². The maximum Gasteiger partial charge on any atom is 0.415 e. The zero-order valence-corrected chi connectivity index (χ0v) is 20.8. The molecule has 0 N–H and O–H groups in total. The lowest BCUT2D eigenvalue weighted by atomic mass is 10.1. The van der Waals surface area contributed by atoms with E-state index in [-0.39, 0.29) is 18.0 Å². The molecule has 3 rings (SSSR count). The number of ketones is 2. The van der Waals surface area contributed by atoms with Crippen LogP contribution < -0.4 is 18.9 Å². The van der Waals surface area contributed by atoms with Crippen molar-refractivity contribution in [3.05, 3.63) is 59.7 Å². The highest BCUT2D eigenvalue weighted by molar-refractivity contribution is 6.10. The van der Waals surface area contributed by atoms with Crippen LogP contribution in [0, 0.1) is 0 Å². The second-order valence-corrected chi connectivity index (χ2v) is 8.22. The van der Waals surface area contributed by atoms with Crippen molar-refractivity contribution in [2.45, 2.75) is 25.7 Å². The van der Waals surface area contributed by atoms with E-state index in [1.807, 2.05) is 0 Å². The summed E-state index contributed by atoms with van der Waals surface area (Å²) in [6.07, 6.45) is 8.32. The predicted octanol–water partition coefficient (Wildman–Crippen LogP) is 4.95. The first-order chi connectivity index (χ1) is 17.4. The van der Waals surface area contributed by atoms with Crippen LogP contribution in [-0.4, -0.2) is 57.0 Å². The fourth-order valence-electron chi connectivity index (χ4n) is 3.73. The fourth-order valence-corrected chi connectivity index (χ4v) is 3.73. The number of likely N-dealkylation sites (tertiary alicyclic amines) is 1. The number of amides is 1. The van der Waals surface area contributed by atoms with Crippen molar-refractivity contribution in [3.8, 4) is 23.0 Å². The number of nitrogens with zero attached hydrogens (tertiary/aromatic N) is 1. The van der Waals surface area contributed by atoms with Crippen LogP contribution in [0.1, 0.15) is 36.8 Å². The first-order valence-corrected chi connectivity index (χ1v) is 11.7. The molecule has 190 valence electrons. The molecule has 0 radical (unpaired) electrons. The van der Waals surface area contributed by atoms with Crippen molar-refractivity contribution in [2.75, 3.05) is 34.4 Å². The Kier molecular flexibility index (Phi) is 9.68. The van der Waals surface area contributed by atoms with E-state index in [1.165, 1.54) is 26.4 Å². The number of piperidine rings is 1. The van der Waals surface area contributed by atoms with Crippen molar-refractivity contribution < 1.29 is 33.3 Å². The maximum atomic E-state index is 12.4. The smallest absolute Gasteiger partial charge is 0.415 e. The molecular weight excluding hydrogens is 462 g/mol. The van der Waals surface area contributed by atoms with E-state index in [0.717, 1.165) is 24.8 Å². The van der Waals surface area contributed by atoms with Gasteiger partial charge >= 0.3 is 6.09 Å². The van der Waals surface area contributed by atoms with Gasteiger partial charge in [-0.05, 0) is 66.8 Å². The summed E-state index contributed by atoms with van der Waals surface area (Å²) in [6, 6.07) is 10.3. The molecule has 2 aromatic rings. The highest BCUT2D eigenvalue weighted by Gasteiger charge is 2.20. The van der Waals surface area contributed by atoms with E-state index in [4.69, 9.17) is 18.9 Å². The number of rotatable bonds is 10. The molecule has 1 fully saturated rings. The second kappa shape index (κ2) is 13.1. The highest BCUT2D eigenvalue weighted by Crippen LogP contribution is 2.30. The lowest BCUT2D eigenvalue weighted by Crippen LogP contribution is -2.37. The lowest BCUT2D eigenvalue weighted by Gasteiger charge is -2.25. The van der Waals surface area contributed by atoms with Gasteiger partial charge in [-0.15, -0.1) is 0 Å². The molecule has 1 aliphatic heterocycles. The maximum absolute atomic E-state index is 12.4. The number of carbonyl (C=O) groups excluding carboxylic acids is 3. The average Bonchev–Trinajstić information content (AvgIpc) is 2.91. The molecule has 8 heteroatoms. The zero-order valence-electron chi connectivity index (χ0n) is 20.8. The van der Waals surface area contributed by atoms with E-state index < -0.39 is 6.09 Å². The number of benzene rings is 2. The van der Waals surface area contributed by atoms with E-state index in [9.17, 15) is 14.4 Å². The molecule has 1 aliphatic rings. The molecule has 1 saturated heterocycles. The molecule has 1 heterocycles. The third-order valence-corrected chi connectivity index (χ3v) is 5.68. The molecule has 0 unspecified atom stereocenters. The summed E-state index contributed by atoms with van der Waals surface area (Å²) >= 11 is 0. The fraction of sp³-hybridized carbons (Fsp3) is 0.321. The van der Waals surface area contributed by atoms with Gasteiger partial charge in [0, 0.05) is 13.1 Å². The number of hydrogen-bond donors (Lipinski definition) is 0. The average molecular weight is 494 g/mol. The molecule has 0 saturated carbocycles. The monoisotopic (exact) mass is 493 g/mol. The lowest BCUT2D eigenvalue weighted by molar-refractivity contribution is -0.121. The molecule has 2 aromatic carbocycles. The van der Waals surface area contributed by atoms with E-state index in [2.05, 4.69) is 0 Å². The van der Waals surface area contributed by atoms with Crippen LogP contribution in [0.2, 0.25) is 0 Å². The Bertz CT molecular complexity index is 1150. The summed E-state index contributed by atoms with van der Waals surface area (Å²) in [5, 5.41) is 0. The molecule has 0 atom stereocenters. The number of carbonyl (C=O) groups is 3. The Labute approximate surface area is 211 Å². The number of methoxy groups -OCH3 is 3. The SMILES string of the molecule is COc1ccc(C=CC(=O)CC(=O)C=Cc2ccc(OC(=O)N3CCCCC3)c(OC)c2)cc1OC. The highest BCUT2D eigenvalue weighted by atomic mass is 16.6. The van der Waals surface area contributed by atoms with Crippen LogP contribution in [0.15, 0.2) is 48.6 Å². The zero-order chi connectivity index (χ0) is 25.9. The quantitative estimate of drug-likeness (QED) is 0.342. The minimum absolute atomic E-state index is 0.261. The number of ether oxygens (including phenoxy) is 4. The molecule has 8 nitrogen and oxygen atoms in total. The van der Waals surface area contributed by atoms with Crippen molar-refractivity contribution in [1.82, 2.24) is 4.90 Å². The van der Waals surface area contributed by atoms with Gasteiger partial charge in [-0.1, -0.05) is 24.3 Å². The van der Waals surface area contributed by atoms with Gasteiger partial charge in [0.2, 0.25) is 0 Å². The van der Waals surface area contributed by atoms with Crippen LogP contribution >= 0.6 is 0 Å². The van der Waals surface area contributed by atoms with Gasteiger partial charge < -0.3 is 23.8 Å². The molecule has 0 spiro atoms. The number of allylic oxidation sites excluding steroid dienone is 2. The Morgan fingerprint density at radius 1 is 0.722 bits per heavy atom. The minimum Gasteiger partial charge on any atom is -0.493 e. The van der Waals surface area contributed by atoms with Gasteiger partial charge in [-0.25, -0.2) is 4.79 Å². The first kappa shape index (κ1) is 26.5. The normalized spacial score (nSPS) is 13.6. The summed E-state index contributed by atoms with van der Waals surface area (Å²) in [7, 11) is 4.56. The van der Waals surface area contributed by atoms with E-state index in [1.54, 1.807) is 60.6 Å². The molecule has 1 amide bonds. The molecule has 0 aromatic heterocycles. The second-order valence-electron chi connectivity index (χ2n) is 8.22. The van der Waals surface area contributed by atoms with Crippen molar-refractivity contribution >= 4 is 29.8 Å². The van der Waals surface area contributed by atoms with Gasteiger partial charge in [-0.2, -0.15) is 0 Å². The summed E-state index contributed by atoms with van der Waals surface area (Å²) in [5.74, 6) is 1.17. The predicted molar refractivity (Wildman–Crippen MR) is 137 cm³/mol. The van der Waals surface area contributed by atoms with Crippen molar-refractivity contribution in [1.29, 1.82) is 0 Å².